The number of carbonyl (C=O) groups is 1. The lowest BCUT2D eigenvalue weighted by atomic mass is 9.97. The van der Waals surface area contributed by atoms with Crippen LogP contribution in [0.15, 0.2) is 60.7 Å². The molecule has 0 atom stereocenters. The maximum absolute atomic E-state index is 12.6. The van der Waals surface area contributed by atoms with Crippen molar-refractivity contribution in [2.45, 2.75) is 26.3 Å². The predicted octanol–water partition coefficient (Wildman–Crippen LogP) is 5.19. The Hall–Kier alpha value is -2.43. The second-order valence-electron chi connectivity index (χ2n) is 7.06. The van der Waals surface area contributed by atoms with E-state index in [4.69, 9.17) is 4.74 Å². The highest BCUT2D eigenvalue weighted by Gasteiger charge is 2.27. The van der Waals surface area contributed by atoms with Gasteiger partial charge in [0.05, 0.1) is 6.61 Å². The van der Waals surface area contributed by atoms with E-state index in [0.29, 0.717) is 6.61 Å². The van der Waals surface area contributed by atoms with E-state index in [1.165, 1.54) is 16.0 Å². The van der Waals surface area contributed by atoms with Crippen molar-refractivity contribution >= 4 is 17.3 Å². The first-order valence-electron chi connectivity index (χ1n) is 9.89. The van der Waals surface area contributed by atoms with E-state index in [2.05, 4.69) is 47.4 Å². The van der Waals surface area contributed by atoms with Crippen molar-refractivity contribution in [2.24, 2.45) is 0 Å². The van der Waals surface area contributed by atoms with E-state index in [0.717, 1.165) is 48.5 Å². The molecule has 0 fully saturated rings. The molecule has 1 aliphatic heterocycles. The summed E-state index contributed by atoms with van der Waals surface area (Å²) in [5.74, 6) is -0.194. The Bertz CT molecular complexity index is 934. The number of ether oxygens (including phenoxy) is 1. The Morgan fingerprint density at radius 2 is 1.68 bits per heavy atom. The first kappa shape index (κ1) is 18.9. The number of benzene rings is 2. The quantitative estimate of drug-likeness (QED) is 0.561. The summed E-state index contributed by atoms with van der Waals surface area (Å²) in [6.45, 7) is 5.25. The molecule has 3 nitrogen and oxygen atoms in total. The van der Waals surface area contributed by atoms with Crippen LogP contribution in [0, 0.1) is 0 Å². The van der Waals surface area contributed by atoms with Crippen LogP contribution in [0.1, 0.15) is 32.6 Å². The molecule has 0 radical (unpaired) electrons. The van der Waals surface area contributed by atoms with Gasteiger partial charge in [-0.1, -0.05) is 60.7 Å². The fourth-order valence-corrected chi connectivity index (χ4v) is 5.12. The highest BCUT2D eigenvalue weighted by Crippen LogP contribution is 2.39. The Morgan fingerprint density at radius 3 is 2.39 bits per heavy atom. The molecule has 2 aromatic carbocycles. The van der Waals surface area contributed by atoms with Gasteiger partial charge in [0.25, 0.3) is 0 Å². The van der Waals surface area contributed by atoms with Crippen LogP contribution in [0.25, 0.3) is 11.1 Å². The Kier molecular flexibility index (Phi) is 5.89. The fraction of sp³-hybridized carbons (Fsp3) is 0.292. The van der Waals surface area contributed by atoms with Crippen molar-refractivity contribution in [3.63, 3.8) is 0 Å². The lowest BCUT2D eigenvalue weighted by Gasteiger charge is -2.20. The van der Waals surface area contributed by atoms with Gasteiger partial charge in [-0.15, -0.1) is 11.3 Å². The van der Waals surface area contributed by atoms with Crippen molar-refractivity contribution in [3.8, 4) is 11.1 Å². The zero-order chi connectivity index (χ0) is 19.3. The van der Waals surface area contributed by atoms with Crippen LogP contribution in [0.2, 0.25) is 0 Å². The molecule has 144 valence electrons. The number of hydrogen-bond acceptors (Lipinski definition) is 4. The molecule has 0 amide bonds. The minimum Gasteiger partial charge on any atom is -0.462 e. The van der Waals surface area contributed by atoms with Gasteiger partial charge in [-0.3, -0.25) is 4.90 Å². The van der Waals surface area contributed by atoms with E-state index in [-0.39, 0.29) is 5.97 Å². The summed E-state index contributed by atoms with van der Waals surface area (Å²) in [6.07, 6.45) is 1.94. The Morgan fingerprint density at radius 1 is 1.00 bits per heavy atom. The van der Waals surface area contributed by atoms with Gasteiger partial charge in [0, 0.05) is 30.1 Å². The molecular weight excluding hydrogens is 366 g/mol. The number of thiophene rings is 1. The SMILES string of the molecule is CCOC(=O)c1sc2c(c1-c1ccccc1)CCN(Cc1ccccc1)CC2. The van der Waals surface area contributed by atoms with E-state index in [1.807, 2.05) is 25.1 Å². The van der Waals surface area contributed by atoms with Gasteiger partial charge in [-0.05, 0) is 36.5 Å². The van der Waals surface area contributed by atoms with Crippen LogP contribution in [0.4, 0.5) is 0 Å². The summed E-state index contributed by atoms with van der Waals surface area (Å²) in [4.78, 5) is 17.2. The largest absolute Gasteiger partial charge is 0.462 e. The van der Waals surface area contributed by atoms with Gasteiger partial charge in [0.15, 0.2) is 0 Å². The lowest BCUT2D eigenvalue weighted by Crippen LogP contribution is -2.26. The van der Waals surface area contributed by atoms with Crippen LogP contribution in [0.3, 0.4) is 0 Å². The lowest BCUT2D eigenvalue weighted by molar-refractivity contribution is 0.0533. The van der Waals surface area contributed by atoms with Gasteiger partial charge in [-0.2, -0.15) is 0 Å². The van der Waals surface area contributed by atoms with Crippen LogP contribution < -0.4 is 0 Å². The highest BCUT2D eigenvalue weighted by molar-refractivity contribution is 7.14. The van der Waals surface area contributed by atoms with Crippen LogP contribution in [-0.4, -0.2) is 30.6 Å². The second-order valence-corrected chi connectivity index (χ2v) is 8.16. The molecule has 0 spiro atoms. The maximum Gasteiger partial charge on any atom is 0.348 e. The van der Waals surface area contributed by atoms with Crippen LogP contribution >= 0.6 is 11.3 Å². The van der Waals surface area contributed by atoms with Crippen LogP contribution in [-0.2, 0) is 24.1 Å². The third-order valence-corrected chi connectivity index (χ3v) is 6.47. The van der Waals surface area contributed by atoms with Crippen molar-refractivity contribution in [1.29, 1.82) is 0 Å². The molecule has 2 heterocycles. The summed E-state index contributed by atoms with van der Waals surface area (Å²) in [7, 11) is 0. The summed E-state index contributed by atoms with van der Waals surface area (Å²) in [5.41, 5.74) is 4.87. The van der Waals surface area contributed by atoms with Gasteiger partial charge in [-0.25, -0.2) is 4.79 Å². The smallest absolute Gasteiger partial charge is 0.348 e. The minimum atomic E-state index is -0.194. The van der Waals surface area contributed by atoms with Gasteiger partial charge in [0.1, 0.15) is 4.88 Å². The van der Waals surface area contributed by atoms with Crippen molar-refractivity contribution < 1.29 is 9.53 Å². The molecule has 0 saturated carbocycles. The molecule has 1 aromatic heterocycles. The molecule has 3 aromatic rings. The monoisotopic (exact) mass is 391 g/mol. The fourth-order valence-electron chi connectivity index (χ4n) is 3.87. The third kappa shape index (κ3) is 4.03. The molecule has 4 rings (SSSR count). The number of carbonyl (C=O) groups excluding carboxylic acids is 1. The Labute approximate surface area is 170 Å². The molecule has 28 heavy (non-hydrogen) atoms. The van der Waals surface area contributed by atoms with Gasteiger partial charge >= 0.3 is 5.97 Å². The van der Waals surface area contributed by atoms with Gasteiger partial charge in [0.2, 0.25) is 0 Å². The predicted molar refractivity (Wildman–Crippen MR) is 115 cm³/mol. The van der Waals surface area contributed by atoms with E-state index >= 15 is 0 Å². The zero-order valence-corrected chi connectivity index (χ0v) is 17.0. The number of nitrogens with zero attached hydrogens (tertiary/aromatic N) is 1. The van der Waals surface area contributed by atoms with Crippen LogP contribution in [0.5, 0.6) is 0 Å². The Balaban J connectivity index is 1.63. The summed E-state index contributed by atoms with van der Waals surface area (Å²) >= 11 is 1.63. The number of hydrogen-bond donors (Lipinski definition) is 0. The maximum atomic E-state index is 12.6. The third-order valence-electron chi connectivity index (χ3n) is 5.20. The number of esters is 1. The molecule has 0 aliphatic carbocycles. The normalized spacial score (nSPS) is 14.3. The average Bonchev–Trinajstić information content (AvgIpc) is 2.99. The average molecular weight is 392 g/mol. The van der Waals surface area contributed by atoms with E-state index in [9.17, 15) is 4.79 Å². The molecule has 4 heteroatoms. The molecular formula is C24H25NO2S. The first-order chi connectivity index (χ1) is 13.8. The molecule has 1 aliphatic rings. The van der Waals surface area contributed by atoms with Crippen molar-refractivity contribution in [2.75, 3.05) is 19.7 Å². The molecule has 0 N–H and O–H groups in total. The summed E-state index contributed by atoms with van der Waals surface area (Å²) < 4.78 is 5.36. The molecule has 0 unspecified atom stereocenters. The highest BCUT2D eigenvalue weighted by atomic mass is 32.1. The topological polar surface area (TPSA) is 29.5 Å². The standard InChI is InChI=1S/C24H25NO2S/c1-2-27-24(26)23-22(19-11-7-4-8-12-19)20-13-15-25(16-14-21(20)28-23)17-18-9-5-3-6-10-18/h3-12H,2,13-17H2,1H3. The van der Waals surface area contributed by atoms with Crippen molar-refractivity contribution in [3.05, 3.63) is 81.5 Å². The summed E-state index contributed by atoms with van der Waals surface area (Å²) in [6, 6.07) is 20.9. The molecule has 0 bridgehead atoms. The number of fused-ring (bicyclic) bond motifs is 1. The zero-order valence-electron chi connectivity index (χ0n) is 16.2. The molecule has 0 saturated heterocycles. The van der Waals surface area contributed by atoms with E-state index < -0.39 is 0 Å². The number of rotatable bonds is 5. The first-order valence-corrected chi connectivity index (χ1v) is 10.7. The van der Waals surface area contributed by atoms with E-state index in [1.54, 1.807) is 11.3 Å². The van der Waals surface area contributed by atoms with Crippen molar-refractivity contribution in [1.82, 2.24) is 4.90 Å². The second kappa shape index (κ2) is 8.72. The van der Waals surface area contributed by atoms with Gasteiger partial charge < -0.3 is 4.74 Å². The summed E-state index contributed by atoms with van der Waals surface area (Å²) in [5, 5.41) is 0. The minimum absolute atomic E-state index is 0.194.